The summed E-state index contributed by atoms with van der Waals surface area (Å²) in [6.45, 7) is 1.81. The summed E-state index contributed by atoms with van der Waals surface area (Å²) in [6.07, 6.45) is 3.72. The van der Waals surface area contributed by atoms with Gasteiger partial charge >= 0.3 is 0 Å². The molecule has 0 aliphatic carbocycles. The van der Waals surface area contributed by atoms with Crippen LogP contribution in [0.4, 0.5) is 0 Å². The van der Waals surface area contributed by atoms with E-state index in [1.807, 2.05) is 49.0 Å². The van der Waals surface area contributed by atoms with E-state index in [1.54, 1.807) is 6.20 Å². The molecule has 0 atom stereocenters. The summed E-state index contributed by atoms with van der Waals surface area (Å²) in [4.78, 5) is 4.68. The van der Waals surface area contributed by atoms with Crippen LogP contribution in [0.5, 0.6) is 0 Å². The van der Waals surface area contributed by atoms with E-state index in [9.17, 15) is 0 Å². The lowest BCUT2D eigenvalue weighted by Gasteiger charge is -2.07. The molecule has 0 saturated carbocycles. The second-order valence-electron chi connectivity index (χ2n) is 6.06. The SMILES string of the molecule is [2H]C([2H])([2H])c1c[n+](C)c(-c2cc3c(cc2C)nc2ccccn23)cc1C. The van der Waals surface area contributed by atoms with Gasteiger partial charge in [0, 0.05) is 21.9 Å². The van der Waals surface area contributed by atoms with Crippen LogP contribution in [0.25, 0.3) is 27.9 Å². The number of fused-ring (bicyclic) bond motifs is 3. The van der Waals surface area contributed by atoms with Gasteiger partial charge in [-0.05, 0) is 56.1 Å². The molecule has 0 spiro atoms. The number of imidazole rings is 1. The van der Waals surface area contributed by atoms with E-state index in [0.717, 1.165) is 39.1 Å². The van der Waals surface area contributed by atoms with Gasteiger partial charge in [0.15, 0.2) is 6.20 Å². The minimum Gasteiger partial charge on any atom is -0.300 e. The van der Waals surface area contributed by atoms with Gasteiger partial charge in [-0.2, -0.15) is 0 Å². The van der Waals surface area contributed by atoms with Crippen molar-refractivity contribution in [3.63, 3.8) is 0 Å². The van der Waals surface area contributed by atoms with E-state index in [1.165, 1.54) is 0 Å². The first kappa shape index (κ1) is 10.9. The summed E-state index contributed by atoms with van der Waals surface area (Å²) in [7, 11) is 1.89. The van der Waals surface area contributed by atoms with Crippen molar-refractivity contribution in [1.29, 1.82) is 0 Å². The molecule has 3 heteroatoms. The summed E-state index contributed by atoms with van der Waals surface area (Å²) in [5, 5.41) is 0. The summed E-state index contributed by atoms with van der Waals surface area (Å²) in [5.41, 5.74) is 7.24. The summed E-state index contributed by atoms with van der Waals surface area (Å²) in [6, 6.07) is 12.1. The maximum absolute atomic E-state index is 7.71. The molecule has 0 bridgehead atoms. The van der Waals surface area contributed by atoms with Crippen LogP contribution in [-0.4, -0.2) is 9.38 Å². The van der Waals surface area contributed by atoms with E-state index in [2.05, 4.69) is 28.4 Å². The fraction of sp³-hybridized carbons (Fsp3) is 0.200. The molecule has 0 unspecified atom stereocenters. The van der Waals surface area contributed by atoms with Crippen molar-refractivity contribution < 1.29 is 8.68 Å². The van der Waals surface area contributed by atoms with Gasteiger partial charge in [0.2, 0.25) is 5.69 Å². The van der Waals surface area contributed by atoms with Gasteiger partial charge in [0.25, 0.3) is 0 Å². The molecule has 0 N–H and O–H groups in total. The molecule has 0 aliphatic rings. The Labute approximate surface area is 140 Å². The quantitative estimate of drug-likeness (QED) is 0.489. The number of aromatic nitrogens is 3. The number of nitrogens with zero attached hydrogens (tertiary/aromatic N) is 3. The summed E-state index contributed by atoms with van der Waals surface area (Å²) < 4.78 is 27.1. The Morgan fingerprint density at radius 3 is 2.78 bits per heavy atom. The van der Waals surface area contributed by atoms with Crippen molar-refractivity contribution >= 4 is 16.7 Å². The van der Waals surface area contributed by atoms with Crippen LogP contribution in [0.3, 0.4) is 0 Å². The lowest BCUT2D eigenvalue weighted by molar-refractivity contribution is -0.660. The summed E-state index contributed by atoms with van der Waals surface area (Å²) >= 11 is 0. The number of hydrogen-bond acceptors (Lipinski definition) is 1. The molecular weight excluding hydrogens is 282 g/mol. The zero-order valence-corrected chi connectivity index (χ0v) is 13.5. The highest BCUT2D eigenvalue weighted by atomic mass is 15.0. The van der Waals surface area contributed by atoms with Crippen molar-refractivity contribution in [2.24, 2.45) is 7.05 Å². The van der Waals surface area contributed by atoms with E-state index in [4.69, 9.17) is 4.11 Å². The van der Waals surface area contributed by atoms with Crippen molar-refractivity contribution in [2.75, 3.05) is 0 Å². The zero-order chi connectivity index (χ0) is 18.6. The Balaban J connectivity index is 1.98. The predicted molar refractivity (Wildman–Crippen MR) is 93.5 cm³/mol. The lowest BCUT2D eigenvalue weighted by atomic mass is 10.0. The van der Waals surface area contributed by atoms with Gasteiger partial charge in [0.05, 0.1) is 16.6 Å². The molecule has 0 aliphatic heterocycles. The van der Waals surface area contributed by atoms with Crippen molar-refractivity contribution in [1.82, 2.24) is 9.38 Å². The molecule has 0 fully saturated rings. The van der Waals surface area contributed by atoms with Gasteiger partial charge < -0.3 is 0 Å². The van der Waals surface area contributed by atoms with Crippen LogP contribution in [-0.2, 0) is 7.05 Å². The first-order valence-corrected chi connectivity index (χ1v) is 7.64. The lowest BCUT2D eigenvalue weighted by Crippen LogP contribution is -2.31. The minimum atomic E-state index is -2.11. The molecule has 4 rings (SSSR count). The average molecular weight is 305 g/mol. The number of pyridine rings is 2. The standard InChI is InChI=1S/C20H20N3/c1-13-10-18(22(4)12-15(13)3)16-11-19-17(9-14(16)2)21-20-7-5-6-8-23(19)20/h5-12H,1-4H3/q+1/i3D3. The molecule has 23 heavy (non-hydrogen) atoms. The van der Waals surface area contributed by atoms with Gasteiger partial charge in [0.1, 0.15) is 12.7 Å². The van der Waals surface area contributed by atoms with Gasteiger partial charge in [-0.25, -0.2) is 9.55 Å². The Bertz CT molecular complexity index is 1160. The molecule has 3 heterocycles. The maximum Gasteiger partial charge on any atom is 0.212 e. The average Bonchev–Trinajstić information content (AvgIpc) is 2.92. The Hall–Kier alpha value is -2.68. The first-order chi connectivity index (χ1) is 12.3. The molecule has 3 aromatic heterocycles. The highest BCUT2D eigenvalue weighted by molar-refractivity contribution is 5.86. The van der Waals surface area contributed by atoms with Crippen LogP contribution in [0.2, 0.25) is 0 Å². The molecule has 0 saturated heterocycles. The fourth-order valence-corrected chi connectivity index (χ4v) is 3.11. The first-order valence-electron chi connectivity index (χ1n) is 9.14. The topological polar surface area (TPSA) is 21.2 Å². The molecule has 3 nitrogen and oxygen atoms in total. The normalized spacial score (nSPS) is 14.0. The largest absolute Gasteiger partial charge is 0.300 e. The molecular formula is C20H20N3+. The second-order valence-corrected chi connectivity index (χ2v) is 6.06. The Morgan fingerprint density at radius 1 is 1.09 bits per heavy atom. The van der Waals surface area contributed by atoms with E-state index in [-0.39, 0.29) is 0 Å². The van der Waals surface area contributed by atoms with Gasteiger partial charge in [-0.15, -0.1) is 0 Å². The Kier molecular flexibility index (Phi) is 2.34. The molecule has 114 valence electrons. The van der Waals surface area contributed by atoms with E-state index in [0.29, 0.717) is 5.56 Å². The maximum atomic E-state index is 7.71. The third-order valence-corrected chi connectivity index (χ3v) is 4.41. The van der Waals surface area contributed by atoms with Crippen LogP contribution < -0.4 is 4.57 Å². The van der Waals surface area contributed by atoms with Crippen molar-refractivity contribution in [2.45, 2.75) is 20.7 Å². The van der Waals surface area contributed by atoms with Crippen LogP contribution >= 0.6 is 0 Å². The van der Waals surface area contributed by atoms with Crippen LogP contribution in [0, 0.1) is 20.7 Å². The minimum absolute atomic E-state index is 0.386. The number of rotatable bonds is 1. The third-order valence-electron chi connectivity index (χ3n) is 4.41. The smallest absolute Gasteiger partial charge is 0.212 e. The van der Waals surface area contributed by atoms with Crippen LogP contribution in [0.15, 0.2) is 48.8 Å². The Morgan fingerprint density at radius 2 is 1.96 bits per heavy atom. The monoisotopic (exact) mass is 305 g/mol. The second kappa shape index (κ2) is 4.92. The molecule has 0 amide bonds. The predicted octanol–water partition coefficient (Wildman–Crippen LogP) is 3.90. The van der Waals surface area contributed by atoms with Crippen molar-refractivity contribution in [3.8, 4) is 11.3 Å². The van der Waals surface area contributed by atoms with Crippen molar-refractivity contribution in [3.05, 3.63) is 65.5 Å². The zero-order valence-electron chi connectivity index (χ0n) is 16.5. The third kappa shape index (κ3) is 2.12. The van der Waals surface area contributed by atoms with Crippen LogP contribution in [0.1, 0.15) is 20.8 Å². The summed E-state index contributed by atoms with van der Waals surface area (Å²) in [5.74, 6) is 0. The van der Waals surface area contributed by atoms with E-state index < -0.39 is 6.85 Å². The fourth-order valence-electron chi connectivity index (χ4n) is 3.11. The number of hydrogen-bond donors (Lipinski definition) is 0. The van der Waals surface area contributed by atoms with Gasteiger partial charge in [-0.3, -0.25) is 4.40 Å². The highest BCUT2D eigenvalue weighted by Gasteiger charge is 2.16. The molecule has 0 radical (unpaired) electrons. The molecule has 4 aromatic rings. The molecule has 1 aromatic carbocycles. The van der Waals surface area contributed by atoms with Gasteiger partial charge in [-0.1, -0.05) is 6.07 Å². The van der Waals surface area contributed by atoms with E-state index >= 15 is 0 Å². The number of aryl methyl sites for hydroxylation is 4. The highest BCUT2D eigenvalue weighted by Crippen LogP contribution is 2.27. The number of benzene rings is 1.